The molecule has 2 heteroatoms. The van der Waals surface area contributed by atoms with E-state index in [1.807, 2.05) is 6.08 Å². The molecule has 1 atom stereocenters. The van der Waals surface area contributed by atoms with Crippen molar-refractivity contribution in [2.45, 2.75) is 6.42 Å². The third kappa shape index (κ3) is 1.83. The fraction of sp³-hybridized carbons (Fsp3) is 0.182. The van der Waals surface area contributed by atoms with Crippen molar-refractivity contribution in [1.82, 2.24) is 0 Å². The molecular weight excluding hydrogens is 167 g/mol. The van der Waals surface area contributed by atoms with Gasteiger partial charge in [0.25, 0.3) is 0 Å². The molecule has 1 aromatic carbocycles. The van der Waals surface area contributed by atoms with Crippen LogP contribution in [0.15, 0.2) is 29.8 Å². The van der Waals surface area contributed by atoms with E-state index in [4.69, 9.17) is 0 Å². The summed E-state index contributed by atoms with van der Waals surface area (Å²) in [7, 11) is 0. The second-order valence-electron chi connectivity index (χ2n) is 3.22. The molecule has 1 aliphatic carbocycles. The van der Waals surface area contributed by atoms with E-state index in [-0.39, 0.29) is 11.7 Å². The van der Waals surface area contributed by atoms with E-state index in [0.717, 1.165) is 23.8 Å². The van der Waals surface area contributed by atoms with Crippen LogP contribution in [-0.2, 0) is 4.79 Å². The molecule has 66 valence electrons. The largest absolute Gasteiger partial charge is 0.303 e. The molecule has 0 heterocycles. The van der Waals surface area contributed by atoms with Crippen molar-refractivity contribution in [3.05, 3.63) is 41.2 Å². The summed E-state index contributed by atoms with van der Waals surface area (Å²) >= 11 is 0. The highest BCUT2D eigenvalue weighted by atomic mass is 19.1. The van der Waals surface area contributed by atoms with Gasteiger partial charge in [0.05, 0.1) is 0 Å². The van der Waals surface area contributed by atoms with Crippen LogP contribution in [0.25, 0.3) is 6.08 Å². The number of benzene rings is 1. The zero-order chi connectivity index (χ0) is 9.26. The molecule has 0 N–H and O–H groups in total. The van der Waals surface area contributed by atoms with Gasteiger partial charge in [-0.1, -0.05) is 23.8 Å². The first kappa shape index (κ1) is 8.17. The van der Waals surface area contributed by atoms with Crippen LogP contribution in [-0.4, -0.2) is 6.29 Å². The van der Waals surface area contributed by atoms with Gasteiger partial charge in [-0.3, -0.25) is 0 Å². The molecule has 2 rings (SSSR count). The maximum Gasteiger partial charge on any atom is 0.127 e. The highest BCUT2D eigenvalue weighted by molar-refractivity contribution is 5.72. The number of allylic oxidation sites excluding steroid dienone is 1. The van der Waals surface area contributed by atoms with E-state index < -0.39 is 0 Å². The molecule has 13 heavy (non-hydrogen) atoms. The minimum Gasteiger partial charge on any atom is -0.303 e. The van der Waals surface area contributed by atoms with Crippen LogP contribution >= 0.6 is 0 Å². The summed E-state index contributed by atoms with van der Waals surface area (Å²) in [6.07, 6.45) is 3.76. The van der Waals surface area contributed by atoms with Crippen LogP contribution in [0.4, 0.5) is 4.39 Å². The van der Waals surface area contributed by atoms with Gasteiger partial charge in [-0.15, -0.1) is 0 Å². The van der Waals surface area contributed by atoms with Crippen LogP contribution in [0.2, 0.25) is 0 Å². The molecule has 0 amide bonds. The van der Waals surface area contributed by atoms with Gasteiger partial charge in [0, 0.05) is 5.92 Å². The molecule has 1 aliphatic rings. The molecular formula is C11H9FO. The first-order valence-corrected chi connectivity index (χ1v) is 4.21. The Morgan fingerprint density at radius 1 is 1.31 bits per heavy atom. The normalized spacial score (nSPS) is 23.2. The molecule has 0 radical (unpaired) electrons. The number of hydrogen-bond acceptors (Lipinski definition) is 1. The number of carbonyl (C=O) groups excluding carboxylic acids is 1. The predicted octanol–water partition coefficient (Wildman–Crippen LogP) is 2.43. The molecule has 1 saturated carbocycles. The van der Waals surface area contributed by atoms with E-state index in [1.165, 1.54) is 12.1 Å². The molecule has 1 aromatic rings. The Hall–Kier alpha value is -1.44. The van der Waals surface area contributed by atoms with Crippen molar-refractivity contribution in [3.63, 3.8) is 0 Å². The molecule has 1 nitrogen and oxygen atoms in total. The SMILES string of the molecule is O=CC1C/C1=C\c1ccc(F)cc1. The Bertz CT molecular complexity index is 351. The van der Waals surface area contributed by atoms with Crippen molar-refractivity contribution >= 4 is 12.4 Å². The van der Waals surface area contributed by atoms with Crippen LogP contribution in [0.1, 0.15) is 12.0 Å². The number of rotatable bonds is 2. The van der Waals surface area contributed by atoms with Gasteiger partial charge in [-0.25, -0.2) is 4.39 Å². The Balaban J connectivity index is 2.15. The second kappa shape index (κ2) is 3.13. The third-order valence-corrected chi connectivity index (χ3v) is 2.16. The van der Waals surface area contributed by atoms with E-state index in [9.17, 15) is 9.18 Å². The summed E-state index contributed by atoms with van der Waals surface area (Å²) in [6, 6.07) is 6.26. The first-order valence-electron chi connectivity index (χ1n) is 4.21. The summed E-state index contributed by atoms with van der Waals surface area (Å²) in [5.74, 6) is -0.116. The Morgan fingerprint density at radius 3 is 2.54 bits per heavy atom. The average molecular weight is 176 g/mol. The molecule has 0 bridgehead atoms. The molecule has 0 aliphatic heterocycles. The van der Waals surface area contributed by atoms with Gasteiger partial charge in [0.2, 0.25) is 0 Å². The molecule has 0 saturated heterocycles. The van der Waals surface area contributed by atoms with E-state index in [0.29, 0.717) is 0 Å². The Labute approximate surface area is 75.9 Å². The van der Waals surface area contributed by atoms with Gasteiger partial charge in [0.1, 0.15) is 12.1 Å². The van der Waals surface area contributed by atoms with Crippen LogP contribution < -0.4 is 0 Å². The lowest BCUT2D eigenvalue weighted by molar-refractivity contribution is -0.108. The van der Waals surface area contributed by atoms with Crippen LogP contribution in [0.5, 0.6) is 0 Å². The quantitative estimate of drug-likeness (QED) is 0.632. The lowest BCUT2D eigenvalue weighted by atomic mass is 10.2. The maximum atomic E-state index is 12.5. The topological polar surface area (TPSA) is 17.1 Å². The van der Waals surface area contributed by atoms with E-state index >= 15 is 0 Å². The van der Waals surface area contributed by atoms with Crippen molar-refractivity contribution in [1.29, 1.82) is 0 Å². The molecule has 0 spiro atoms. The minimum atomic E-state index is -0.232. The Morgan fingerprint density at radius 2 is 2.00 bits per heavy atom. The fourth-order valence-corrected chi connectivity index (χ4v) is 1.27. The van der Waals surface area contributed by atoms with E-state index in [2.05, 4.69) is 0 Å². The standard InChI is InChI=1S/C11H9FO/c12-11-3-1-8(2-4-11)5-9-6-10(9)7-13/h1-5,7,10H,6H2/b9-5+. The zero-order valence-electron chi connectivity index (χ0n) is 7.03. The minimum absolute atomic E-state index is 0.116. The number of aldehydes is 1. The average Bonchev–Trinajstić information content (AvgIpc) is 2.88. The van der Waals surface area contributed by atoms with Crippen molar-refractivity contribution in [3.8, 4) is 0 Å². The van der Waals surface area contributed by atoms with Crippen molar-refractivity contribution in [2.24, 2.45) is 5.92 Å². The van der Waals surface area contributed by atoms with Gasteiger partial charge in [-0.05, 0) is 24.1 Å². The van der Waals surface area contributed by atoms with Crippen LogP contribution in [0.3, 0.4) is 0 Å². The molecule has 1 fully saturated rings. The lowest BCUT2D eigenvalue weighted by Crippen LogP contribution is -1.75. The summed E-state index contributed by atoms with van der Waals surface area (Å²) in [4.78, 5) is 10.3. The fourth-order valence-electron chi connectivity index (χ4n) is 1.27. The third-order valence-electron chi connectivity index (χ3n) is 2.16. The van der Waals surface area contributed by atoms with Gasteiger partial charge < -0.3 is 4.79 Å². The number of halogens is 1. The Kier molecular flexibility index (Phi) is 1.97. The first-order chi connectivity index (χ1) is 6.29. The summed E-state index contributed by atoms with van der Waals surface area (Å²) in [5, 5.41) is 0. The van der Waals surface area contributed by atoms with Crippen LogP contribution in [0, 0.1) is 11.7 Å². The number of hydrogen-bond donors (Lipinski definition) is 0. The van der Waals surface area contributed by atoms with Gasteiger partial charge in [0.15, 0.2) is 0 Å². The van der Waals surface area contributed by atoms with Gasteiger partial charge >= 0.3 is 0 Å². The molecule has 1 unspecified atom stereocenters. The summed E-state index contributed by atoms with van der Waals surface area (Å²) in [6.45, 7) is 0. The van der Waals surface area contributed by atoms with Crippen molar-refractivity contribution in [2.75, 3.05) is 0 Å². The van der Waals surface area contributed by atoms with Gasteiger partial charge in [-0.2, -0.15) is 0 Å². The highest BCUT2D eigenvalue weighted by Crippen LogP contribution is 2.37. The predicted molar refractivity (Wildman–Crippen MR) is 48.5 cm³/mol. The summed E-state index contributed by atoms with van der Waals surface area (Å²) < 4.78 is 12.5. The smallest absolute Gasteiger partial charge is 0.127 e. The molecule has 0 aromatic heterocycles. The highest BCUT2D eigenvalue weighted by Gasteiger charge is 2.28. The monoisotopic (exact) mass is 176 g/mol. The second-order valence-corrected chi connectivity index (χ2v) is 3.22. The van der Waals surface area contributed by atoms with E-state index in [1.54, 1.807) is 12.1 Å². The number of carbonyl (C=O) groups is 1. The lowest BCUT2D eigenvalue weighted by Gasteiger charge is -1.90. The summed E-state index contributed by atoms with van der Waals surface area (Å²) in [5.41, 5.74) is 2.10. The zero-order valence-corrected chi connectivity index (χ0v) is 7.03. The van der Waals surface area contributed by atoms with Crippen molar-refractivity contribution < 1.29 is 9.18 Å². The maximum absolute atomic E-state index is 12.5.